The molecule has 2 saturated heterocycles. The molecule has 0 aliphatic carbocycles. The predicted molar refractivity (Wildman–Crippen MR) is 108 cm³/mol. The Morgan fingerprint density at radius 2 is 1.75 bits per heavy atom. The number of rotatable bonds is 7. The van der Waals surface area contributed by atoms with E-state index in [1.165, 1.54) is 4.90 Å². The van der Waals surface area contributed by atoms with E-state index in [0.717, 1.165) is 11.1 Å². The monoisotopic (exact) mass is 457 g/mol. The molecule has 0 aromatic heterocycles. The molecule has 2 atom stereocenters. The number of carbonyl (C=O) groups is 3. The number of carboxylic acids is 1. The number of ether oxygens (including phenoxy) is 2. The van der Waals surface area contributed by atoms with Gasteiger partial charge in [0.1, 0.15) is 12.4 Å². The van der Waals surface area contributed by atoms with Gasteiger partial charge in [-0.3, -0.25) is 9.69 Å². The molecule has 2 aromatic carbocycles. The molecule has 1 amide bonds. The van der Waals surface area contributed by atoms with Crippen LogP contribution in [0.4, 0.5) is 0 Å². The summed E-state index contributed by atoms with van der Waals surface area (Å²) >= 11 is 0. The van der Waals surface area contributed by atoms with Gasteiger partial charge in [0.15, 0.2) is 12.3 Å². The molecule has 2 aliphatic heterocycles. The second kappa shape index (κ2) is 11.1. The summed E-state index contributed by atoms with van der Waals surface area (Å²) in [7, 11) is 0. The molecule has 1 unspecified atom stereocenters. The molecule has 8 heteroatoms. The maximum atomic E-state index is 12.8. The zero-order chi connectivity index (χ0) is 21.8. The Morgan fingerprint density at radius 1 is 1.09 bits per heavy atom. The Balaban J connectivity index is 0.00000289. The van der Waals surface area contributed by atoms with E-state index in [9.17, 15) is 19.5 Å². The molecule has 7 nitrogen and oxygen atoms in total. The van der Waals surface area contributed by atoms with Crippen LogP contribution in [0.3, 0.4) is 0 Å². The first-order valence-electron chi connectivity index (χ1n) is 9.89. The number of esters is 1. The van der Waals surface area contributed by atoms with Gasteiger partial charge in [-0.25, -0.2) is 4.79 Å². The summed E-state index contributed by atoms with van der Waals surface area (Å²) in [4.78, 5) is 38.0. The van der Waals surface area contributed by atoms with Crippen LogP contribution in [0.5, 0.6) is 0 Å². The molecule has 158 valence electrons. The fraction of sp³-hybridized carbons (Fsp3) is 0.208. The zero-order valence-electron chi connectivity index (χ0n) is 17.6. The number of amides is 1. The maximum Gasteiger partial charge on any atom is 1.00 e. The number of hydrogen-bond acceptors (Lipinski definition) is 6. The Kier molecular flexibility index (Phi) is 8.44. The summed E-state index contributed by atoms with van der Waals surface area (Å²) in [5, 5.41) is 11.9. The molecule has 32 heavy (non-hydrogen) atoms. The third kappa shape index (κ3) is 5.39. The van der Waals surface area contributed by atoms with E-state index in [0.29, 0.717) is 0 Å². The predicted octanol–water partition coefficient (Wildman–Crippen LogP) is -1.20. The van der Waals surface area contributed by atoms with Crippen LogP contribution in [0.15, 0.2) is 78.1 Å². The third-order valence-corrected chi connectivity index (χ3v) is 5.16. The van der Waals surface area contributed by atoms with Crippen LogP contribution in [0.25, 0.3) is 6.08 Å². The summed E-state index contributed by atoms with van der Waals surface area (Å²) in [6.07, 6.45) is 2.82. The van der Waals surface area contributed by atoms with Crippen LogP contribution in [-0.2, 0) is 30.5 Å². The minimum atomic E-state index is -1.46. The summed E-state index contributed by atoms with van der Waals surface area (Å²) in [5.74, 6) is -2.57. The van der Waals surface area contributed by atoms with Crippen LogP contribution in [0.1, 0.15) is 24.0 Å². The fourth-order valence-electron chi connectivity index (χ4n) is 3.57. The number of allylic oxidation sites excluding steroid dienone is 1. The van der Waals surface area contributed by atoms with Gasteiger partial charge in [-0.05, 0) is 17.5 Å². The van der Waals surface area contributed by atoms with E-state index in [-0.39, 0.29) is 88.1 Å². The van der Waals surface area contributed by atoms with Gasteiger partial charge in [0.2, 0.25) is 5.91 Å². The van der Waals surface area contributed by atoms with Gasteiger partial charge < -0.3 is 19.4 Å². The zero-order valence-corrected chi connectivity index (χ0v) is 20.7. The van der Waals surface area contributed by atoms with E-state index >= 15 is 0 Å². The van der Waals surface area contributed by atoms with Crippen molar-refractivity contribution in [2.75, 3.05) is 0 Å². The van der Waals surface area contributed by atoms with Crippen LogP contribution < -0.4 is 56.5 Å². The van der Waals surface area contributed by atoms with Crippen molar-refractivity contribution < 1.29 is 80.3 Å². The maximum absolute atomic E-state index is 12.8. The number of aliphatic carboxylic acids is 1. The first-order valence-corrected chi connectivity index (χ1v) is 9.89. The summed E-state index contributed by atoms with van der Waals surface area (Å²) in [5.41, 5.74) is 1.49. The molecule has 4 rings (SSSR count). The van der Waals surface area contributed by atoms with Crippen molar-refractivity contribution in [3.8, 4) is 0 Å². The van der Waals surface area contributed by atoms with Crippen molar-refractivity contribution in [2.24, 2.45) is 0 Å². The molecular weight excluding hydrogens is 437 g/mol. The topological polar surface area (TPSA) is 96.0 Å². The molecule has 2 aliphatic rings. The van der Waals surface area contributed by atoms with Crippen molar-refractivity contribution in [1.82, 2.24) is 4.90 Å². The Hall–Kier alpha value is -2.23. The SMILES string of the molecule is O=C([O-])C(C/C=C/c1ccccc1)=C1O[C@@H]2CC(=O)N2C1C(=O)OCc1ccccc1.[K+]. The molecule has 2 fully saturated rings. The number of benzene rings is 2. The Labute approximate surface area is 228 Å². The van der Waals surface area contributed by atoms with Crippen molar-refractivity contribution in [1.29, 1.82) is 0 Å². The van der Waals surface area contributed by atoms with Crippen LogP contribution in [-0.4, -0.2) is 35.0 Å². The number of carboxylic acid groups (broad SMARTS) is 1. The van der Waals surface area contributed by atoms with Gasteiger partial charge in [-0.1, -0.05) is 72.8 Å². The molecule has 0 spiro atoms. The summed E-state index contributed by atoms with van der Waals surface area (Å²) in [6.45, 7) is 0.00468. The standard InChI is InChI=1S/C24H21NO6.K/c26-19-14-20-25(19)21(24(29)30-15-17-10-5-2-6-11-17)22(31-20)18(23(27)28)13-7-12-16-8-3-1-4-9-16;/h1-12,20-21H,13-15H2,(H,27,28);/q;+1/p-1/b12-7+,22-18?;/t20-,21?;/m1./s1. The normalized spacial score (nSPS) is 20.6. The van der Waals surface area contributed by atoms with Gasteiger partial charge in [0.05, 0.1) is 12.4 Å². The molecular formula is C24H20KNO6. The van der Waals surface area contributed by atoms with Gasteiger partial charge in [-0.2, -0.15) is 0 Å². The summed E-state index contributed by atoms with van der Waals surface area (Å²) in [6, 6.07) is 17.2. The molecule has 2 heterocycles. The van der Waals surface area contributed by atoms with E-state index in [2.05, 4.69) is 0 Å². The van der Waals surface area contributed by atoms with Crippen molar-refractivity contribution >= 4 is 23.9 Å². The quantitative estimate of drug-likeness (QED) is 0.224. The minimum Gasteiger partial charge on any atom is -0.545 e. The Bertz CT molecular complexity index is 1050. The average molecular weight is 458 g/mol. The Morgan fingerprint density at radius 3 is 2.38 bits per heavy atom. The molecule has 0 bridgehead atoms. The van der Waals surface area contributed by atoms with E-state index < -0.39 is 24.2 Å². The number of fused-ring (bicyclic) bond motifs is 1. The fourth-order valence-corrected chi connectivity index (χ4v) is 3.57. The van der Waals surface area contributed by atoms with Gasteiger partial charge in [0, 0.05) is 5.57 Å². The van der Waals surface area contributed by atoms with E-state index in [4.69, 9.17) is 9.47 Å². The second-order valence-electron chi connectivity index (χ2n) is 7.22. The van der Waals surface area contributed by atoms with E-state index in [1.807, 2.05) is 48.5 Å². The molecule has 2 aromatic rings. The van der Waals surface area contributed by atoms with Crippen molar-refractivity contribution in [3.63, 3.8) is 0 Å². The first-order chi connectivity index (χ1) is 15.0. The number of carbonyl (C=O) groups excluding carboxylic acids is 3. The smallest absolute Gasteiger partial charge is 0.545 e. The summed E-state index contributed by atoms with van der Waals surface area (Å²) < 4.78 is 11.0. The van der Waals surface area contributed by atoms with Crippen molar-refractivity contribution in [3.05, 3.63) is 89.2 Å². The number of hydrogen-bond donors (Lipinski definition) is 0. The average Bonchev–Trinajstić information content (AvgIpc) is 3.08. The largest absolute Gasteiger partial charge is 1.00 e. The second-order valence-corrected chi connectivity index (χ2v) is 7.22. The molecule has 0 N–H and O–H groups in total. The van der Waals surface area contributed by atoms with Gasteiger partial charge in [0.25, 0.3) is 0 Å². The molecule has 0 saturated carbocycles. The van der Waals surface area contributed by atoms with Crippen LogP contribution in [0.2, 0.25) is 0 Å². The third-order valence-electron chi connectivity index (χ3n) is 5.16. The first kappa shape index (κ1) is 24.4. The number of nitrogens with zero attached hydrogens (tertiary/aromatic N) is 1. The number of β-lactam (4-membered cyclic amide) rings is 1. The molecule has 0 radical (unpaired) electrons. The van der Waals surface area contributed by atoms with Crippen LogP contribution >= 0.6 is 0 Å². The van der Waals surface area contributed by atoms with E-state index in [1.54, 1.807) is 24.3 Å². The van der Waals surface area contributed by atoms with Gasteiger partial charge in [-0.15, -0.1) is 0 Å². The minimum absolute atomic E-state index is 0. The van der Waals surface area contributed by atoms with Crippen LogP contribution in [0, 0.1) is 0 Å². The van der Waals surface area contributed by atoms with Crippen molar-refractivity contribution in [2.45, 2.75) is 31.7 Å². The van der Waals surface area contributed by atoms with Gasteiger partial charge >= 0.3 is 57.4 Å².